The Bertz CT molecular complexity index is 886. The molecular weight excluding hydrogens is 473 g/mol. The lowest BCUT2D eigenvalue weighted by Crippen LogP contribution is -2.59. The fourth-order valence-electron chi connectivity index (χ4n) is 3.38. The van der Waals surface area contributed by atoms with Gasteiger partial charge in [0.25, 0.3) is 0 Å². The van der Waals surface area contributed by atoms with Crippen molar-refractivity contribution < 1.29 is 27.6 Å². The molecule has 1 heterocycles. The third-order valence-electron chi connectivity index (χ3n) is 6.03. The SMILES string of the molecule is CCC(C)C(NC(=O)C(C)(C)CCl)C(=O)N1CCN(C(=O)Nc2cccc(C(F)(F)F)c2)CC1. The number of benzene rings is 1. The first-order valence-electron chi connectivity index (χ1n) is 11.2. The number of alkyl halides is 4. The molecule has 2 atom stereocenters. The third kappa shape index (κ3) is 7.01. The lowest BCUT2D eigenvalue weighted by atomic mass is 9.92. The molecule has 7 nitrogen and oxygen atoms in total. The molecule has 0 aromatic heterocycles. The molecule has 0 aliphatic carbocycles. The smallest absolute Gasteiger partial charge is 0.344 e. The lowest BCUT2D eigenvalue weighted by molar-refractivity contribution is -0.141. The number of amides is 4. The molecule has 0 saturated carbocycles. The highest BCUT2D eigenvalue weighted by molar-refractivity contribution is 6.19. The minimum Gasteiger partial charge on any atom is -0.344 e. The van der Waals surface area contributed by atoms with Gasteiger partial charge in [-0.2, -0.15) is 13.2 Å². The number of carbonyl (C=O) groups is 3. The van der Waals surface area contributed by atoms with Gasteiger partial charge < -0.3 is 20.4 Å². The molecule has 190 valence electrons. The first-order chi connectivity index (χ1) is 15.8. The van der Waals surface area contributed by atoms with Gasteiger partial charge >= 0.3 is 12.2 Å². The van der Waals surface area contributed by atoms with Crippen LogP contribution in [-0.2, 0) is 15.8 Å². The van der Waals surface area contributed by atoms with Crippen LogP contribution in [-0.4, -0.2) is 65.7 Å². The van der Waals surface area contributed by atoms with Crippen molar-refractivity contribution in [2.45, 2.75) is 46.3 Å². The lowest BCUT2D eigenvalue weighted by Gasteiger charge is -2.38. The van der Waals surface area contributed by atoms with Crippen molar-refractivity contribution in [3.8, 4) is 0 Å². The summed E-state index contributed by atoms with van der Waals surface area (Å²) in [7, 11) is 0. The van der Waals surface area contributed by atoms with E-state index in [0.717, 1.165) is 12.1 Å². The molecule has 1 aromatic carbocycles. The van der Waals surface area contributed by atoms with Gasteiger partial charge in [-0.1, -0.05) is 26.3 Å². The molecule has 0 spiro atoms. The van der Waals surface area contributed by atoms with Crippen molar-refractivity contribution in [2.75, 3.05) is 37.4 Å². The van der Waals surface area contributed by atoms with Gasteiger partial charge in [-0.25, -0.2) is 4.79 Å². The predicted molar refractivity (Wildman–Crippen MR) is 125 cm³/mol. The molecule has 0 bridgehead atoms. The Kier molecular flexibility index (Phi) is 9.22. The summed E-state index contributed by atoms with van der Waals surface area (Å²) in [6.45, 7) is 8.14. The maximum atomic E-state index is 13.2. The second-order valence-corrected chi connectivity index (χ2v) is 9.44. The monoisotopic (exact) mass is 504 g/mol. The van der Waals surface area contributed by atoms with Crippen LogP contribution in [0.4, 0.5) is 23.7 Å². The van der Waals surface area contributed by atoms with E-state index in [-0.39, 0.29) is 55.5 Å². The number of carbonyl (C=O) groups excluding carboxylic acids is 3. The van der Waals surface area contributed by atoms with Gasteiger partial charge in [0.2, 0.25) is 11.8 Å². The molecule has 2 N–H and O–H groups in total. The molecule has 2 rings (SSSR count). The van der Waals surface area contributed by atoms with E-state index in [1.54, 1.807) is 18.7 Å². The maximum Gasteiger partial charge on any atom is 0.416 e. The van der Waals surface area contributed by atoms with E-state index in [1.807, 2.05) is 13.8 Å². The number of piperazine rings is 1. The molecule has 1 aliphatic heterocycles. The summed E-state index contributed by atoms with van der Waals surface area (Å²) in [6, 6.07) is 3.16. The average Bonchev–Trinajstić information content (AvgIpc) is 2.81. The Labute approximate surface area is 203 Å². The van der Waals surface area contributed by atoms with E-state index >= 15 is 0 Å². The van der Waals surface area contributed by atoms with E-state index in [1.165, 1.54) is 17.0 Å². The van der Waals surface area contributed by atoms with Crippen LogP contribution in [0, 0.1) is 11.3 Å². The van der Waals surface area contributed by atoms with Crippen LogP contribution >= 0.6 is 11.6 Å². The van der Waals surface area contributed by atoms with Crippen molar-refractivity contribution in [3.63, 3.8) is 0 Å². The molecule has 34 heavy (non-hydrogen) atoms. The fourth-order valence-corrected chi connectivity index (χ4v) is 3.50. The summed E-state index contributed by atoms with van der Waals surface area (Å²) in [5, 5.41) is 5.32. The quantitative estimate of drug-likeness (QED) is 0.547. The molecule has 2 unspecified atom stereocenters. The summed E-state index contributed by atoms with van der Waals surface area (Å²) in [6.07, 6.45) is -3.83. The van der Waals surface area contributed by atoms with Crippen molar-refractivity contribution in [1.29, 1.82) is 0 Å². The highest BCUT2D eigenvalue weighted by atomic mass is 35.5. The van der Waals surface area contributed by atoms with Crippen LogP contribution in [0.25, 0.3) is 0 Å². The van der Waals surface area contributed by atoms with Crippen LogP contribution in [0.5, 0.6) is 0 Å². The molecule has 4 amide bonds. The van der Waals surface area contributed by atoms with E-state index in [9.17, 15) is 27.6 Å². The third-order valence-corrected chi connectivity index (χ3v) is 6.70. The second kappa shape index (κ2) is 11.3. The number of nitrogens with zero attached hydrogens (tertiary/aromatic N) is 2. The minimum absolute atomic E-state index is 0.0415. The normalized spacial score (nSPS) is 16.6. The van der Waals surface area contributed by atoms with Crippen LogP contribution in [0.2, 0.25) is 0 Å². The highest BCUT2D eigenvalue weighted by Crippen LogP contribution is 2.30. The summed E-state index contributed by atoms with van der Waals surface area (Å²) in [4.78, 5) is 41.4. The maximum absolute atomic E-state index is 13.2. The van der Waals surface area contributed by atoms with Crippen molar-refractivity contribution in [1.82, 2.24) is 15.1 Å². The summed E-state index contributed by atoms with van der Waals surface area (Å²) in [5.74, 6) is -0.531. The molecule has 0 radical (unpaired) electrons. The number of anilines is 1. The molecule has 1 fully saturated rings. The van der Waals surface area contributed by atoms with E-state index < -0.39 is 29.2 Å². The Morgan fingerprint density at radius 3 is 2.21 bits per heavy atom. The standard InChI is InChI=1S/C23H32ClF3N4O3/c1-5-15(2)18(29-20(33)22(3,4)14-24)19(32)30-9-11-31(12-10-30)21(34)28-17-8-6-7-16(13-17)23(25,26)27/h6-8,13,15,18H,5,9-12,14H2,1-4H3,(H,28,34)(H,29,33). The number of hydrogen-bond donors (Lipinski definition) is 2. The Hall–Kier alpha value is -2.49. The fraction of sp³-hybridized carbons (Fsp3) is 0.609. The van der Waals surface area contributed by atoms with Gasteiger partial charge in [-0.3, -0.25) is 9.59 Å². The molecule has 1 saturated heterocycles. The minimum atomic E-state index is -4.51. The Morgan fingerprint density at radius 1 is 1.09 bits per heavy atom. The topological polar surface area (TPSA) is 81.8 Å². The van der Waals surface area contributed by atoms with Crippen molar-refractivity contribution in [3.05, 3.63) is 29.8 Å². The van der Waals surface area contributed by atoms with Gasteiger partial charge in [0.15, 0.2) is 0 Å². The number of nitrogens with one attached hydrogen (secondary N) is 2. The van der Waals surface area contributed by atoms with Crippen LogP contribution < -0.4 is 10.6 Å². The zero-order valence-corrected chi connectivity index (χ0v) is 20.6. The van der Waals surface area contributed by atoms with E-state index in [0.29, 0.717) is 6.42 Å². The van der Waals surface area contributed by atoms with Crippen LogP contribution in [0.15, 0.2) is 24.3 Å². The zero-order valence-electron chi connectivity index (χ0n) is 19.8. The van der Waals surface area contributed by atoms with Gasteiger partial charge in [-0.05, 0) is 38.0 Å². The molecule has 1 aromatic rings. The zero-order chi connectivity index (χ0) is 25.7. The van der Waals surface area contributed by atoms with Crippen LogP contribution in [0.1, 0.15) is 39.7 Å². The van der Waals surface area contributed by atoms with Crippen molar-refractivity contribution >= 4 is 35.1 Å². The largest absolute Gasteiger partial charge is 0.416 e. The Balaban J connectivity index is 1.99. The summed E-state index contributed by atoms with van der Waals surface area (Å²) < 4.78 is 38.7. The molecule has 11 heteroatoms. The van der Waals surface area contributed by atoms with Gasteiger partial charge in [0.05, 0.1) is 11.0 Å². The van der Waals surface area contributed by atoms with Gasteiger partial charge in [0.1, 0.15) is 6.04 Å². The predicted octanol–water partition coefficient (Wildman–Crippen LogP) is 4.18. The van der Waals surface area contributed by atoms with E-state index in [2.05, 4.69) is 10.6 Å². The number of hydrogen-bond acceptors (Lipinski definition) is 3. The number of halogens is 4. The van der Waals surface area contributed by atoms with Gasteiger partial charge in [0, 0.05) is 37.7 Å². The number of rotatable bonds is 7. The van der Waals surface area contributed by atoms with Crippen molar-refractivity contribution in [2.24, 2.45) is 11.3 Å². The average molecular weight is 505 g/mol. The highest BCUT2D eigenvalue weighted by Gasteiger charge is 2.36. The summed E-state index contributed by atoms with van der Waals surface area (Å²) in [5.41, 5.74) is -1.63. The first kappa shape index (κ1) is 27.8. The first-order valence-corrected chi connectivity index (χ1v) is 11.7. The summed E-state index contributed by atoms with van der Waals surface area (Å²) >= 11 is 5.89. The second-order valence-electron chi connectivity index (χ2n) is 9.18. The Morgan fingerprint density at radius 2 is 1.68 bits per heavy atom. The van der Waals surface area contributed by atoms with Crippen LogP contribution in [0.3, 0.4) is 0 Å². The molecule has 1 aliphatic rings. The van der Waals surface area contributed by atoms with Gasteiger partial charge in [-0.15, -0.1) is 11.6 Å². The van der Waals surface area contributed by atoms with E-state index in [4.69, 9.17) is 11.6 Å². The molecular formula is C23H32ClF3N4O3. The number of urea groups is 1.